The Labute approximate surface area is 141 Å². The molecule has 0 aliphatic rings. The van der Waals surface area contributed by atoms with Gasteiger partial charge < -0.3 is 15.0 Å². The molecule has 0 aromatic carbocycles. The topological polar surface area (TPSA) is 84.1 Å². The number of ether oxygens (including phenoxy) is 1. The van der Waals surface area contributed by atoms with Crippen molar-refractivity contribution in [2.45, 2.75) is 40.0 Å². The molecule has 128 valence electrons. The number of aryl methyl sites for hydroxylation is 2. The number of hydrogen-bond acceptors (Lipinski definition) is 4. The van der Waals surface area contributed by atoms with Crippen LogP contribution in [0.15, 0.2) is 29.2 Å². The van der Waals surface area contributed by atoms with Crippen molar-refractivity contribution in [3.63, 3.8) is 0 Å². The fraction of sp³-hybridized carbons (Fsp3) is 0.389. The molecular weight excluding hydrogens is 306 g/mol. The van der Waals surface area contributed by atoms with Gasteiger partial charge in [0.1, 0.15) is 5.75 Å². The second kappa shape index (κ2) is 8.29. The Hall–Kier alpha value is -2.63. The third-order valence-corrected chi connectivity index (χ3v) is 3.71. The van der Waals surface area contributed by atoms with Crippen LogP contribution in [-0.2, 0) is 6.42 Å². The number of nitrogens with one attached hydrogen (secondary N) is 2. The fourth-order valence-electron chi connectivity index (χ4n) is 2.33. The highest BCUT2D eigenvalue weighted by Crippen LogP contribution is 2.23. The van der Waals surface area contributed by atoms with Crippen LogP contribution in [0, 0.1) is 6.92 Å². The van der Waals surface area contributed by atoms with Crippen molar-refractivity contribution in [1.29, 1.82) is 0 Å². The number of rotatable bonds is 6. The standard InChI is InChI=1S/C18H23N3O3/c1-4-6-8-20-18(23)24-14-7-9-19-16(11-14)15-10-13(5-2)17(22)21-12(15)3/h7,9-11H,4-6,8H2,1-3H3,(H,20,23)(H,21,22). The van der Waals surface area contributed by atoms with Gasteiger partial charge in [-0.1, -0.05) is 20.3 Å². The highest BCUT2D eigenvalue weighted by molar-refractivity contribution is 5.71. The molecule has 2 aromatic rings. The zero-order chi connectivity index (χ0) is 17.5. The summed E-state index contributed by atoms with van der Waals surface area (Å²) in [6, 6.07) is 5.16. The third-order valence-electron chi connectivity index (χ3n) is 3.71. The summed E-state index contributed by atoms with van der Waals surface area (Å²) in [6.07, 6.45) is 3.66. The lowest BCUT2D eigenvalue weighted by molar-refractivity contribution is 0.200. The molecule has 24 heavy (non-hydrogen) atoms. The lowest BCUT2D eigenvalue weighted by Gasteiger charge is -2.10. The molecule has 6 nitrogen and oxygen atoms in total. The molecule has 0 saturated heterocycles. The minimum absolute atomic E-state index is 0.0820. The SMILES string of the molecule is CCCCNC(=O)Oc1ccnc(-c2cc(CC)c(=O)[nH]c2C)c1. The van der Waals surface area contributed by atoms with Gasteiger partial charge in [0.15, 0.2) is 0 Å². The zero-order valence-electron chi connectivity index (χ0n) is 14.3. The molecule has 0 atom stereocenters. The van der Waals surface area contributed by atoms with E-state index >= 15 is 0 Å². The van der Waals surface area contributed by atoms with Gasteiger partial charge in [-0.05, 0) is 31.9 Å². The van der Waals surface area contributed by atoms with Crippen LogP contribution in [0.3, 0.4) is 0 Å². The number of nitrogens with zero attached hydrogens (tertiary/aromatic N) is 1. The molecule has 0 bridgehead atoms. The molecule has 2 aromatic heterocycles. The van der Waals surface area contributed by atoms with Crippen LogP contribution in [-0.4, -0.2) is 22.6 Å². The van der Waals surface area contributed by atoms with E-state index < -0.39 is 6.09 Å². The van der Waals surface area contributed by atoms with Gasteiger partial charge >= 0.3 is 6.09 Å². The molecule has 0 aliphatic heterocycles. The van der Waals surface area contributed by atoms with Crippen LogP contribution in [0.25, 0.3) is 11.3 Å². The first-order valence-corrected chi connectivity index (χ1v) is 8.20. The second-order valence-electron chi connectivity index (χ2n) is 5.56. The zero-order valence-corrected chi connectivity index (χ0v) is 14.3. The molecule has 0 unspecified atom stereocenters. The molecule has 2 heterocycles. The van der Waals surface area contributed by atoms with E-state index in [0.717, 1.165) is 24.1 Å². The number of unbranched alkanes of at least 4 members (excludes halogenated alkanes) is 1. The Balaban J connectivity index is 2.22. The number of H-pyrrole nitrogens is 1. The number of aromatic nitrogens is 2. The van der Waals surface area contributed by atoms with E-state index in [0.29, 0.717) is 30.0 Å². The fourth-order valence-corrected chi connectivity index (χ4v) is 2.33. The maximum atomic E-state index is 11.8. The molecule has 0 fully saturated rings. The van der Waals surface area contributed by atoms with Gasteiger partial charge in [-0.2, -0.15) is 0 Å². The summed E-state index contributed by atoms with van der Waals surface area (Å²) in [5.74, 6) is 0.414. The van der Waals surface area contributed by atoms with E-state index in [1.165, 1.54) is 0 Å². The number of aromatic amines is 1. The van der Waals surface area contributed by atoms with Crippen molar-refractivity contribution in [2.24, 2.45) is 0 Å². The van der Waals surface area contributed by atoms with Crippen molar-refractivity contribution < 1.29 is 9.53 Å². The Morgan fingerprint density at radius 2 is 2.12 bits per heavy atom. The molecule has 2 N–H and O–H groups in total. The van der Waals surface area contributed by atoms with Crippen LogP contribution in [0.1, 0.15) is 37.9 Å². The predicted octanol–water partition coefficient (Wildman–Crippen LogP) is 3.20. The van der Waals surface area contributed by atoms with E-state index in [9.17, 15) is 9.59 Å². The summed E-state index contributed by atoms with van der Waals surface area (Å²) in [7, 11) is 0. The summed E-state index contributed by atoms with van der Waals surface area (Å²) >= 11 is 0. The molecule has 0 saturated carbocycles. The van der Waals surface area contributed by atoms with E-state index in [2.05, 4.69) is 22.2 Å². The number of amides is 1. The first-order valence-electron chi connectivity index (χ1n) is 8.20. The average molecular weight is 329 g/mol. The monoisotopic (exact) mass is 329 g/mol. The highest BCUT2D eigenvalue weighted by atomic mass is 16.6. The molecule has 1 amide bonds. The van der Waals surface area contributed by atoms with Gasteiger partial charge in [0.25, 0.3) is 5.56 Å². The Bertz CT molecular complexity index is 768. The van der Waals surface area contributed by atoms with E-state index in [-0.39, 0.29) is 5.56 Å². The number of hydrogen-bond donors (Lipinski definition) is 2. The third kappa shape index (κ3) is 4.44. The maximum absolute atomic E-state index is 11.8. The molecule has 0 aliphatic carbocycles. The highest BCUT2D eigenvalue weighted by Gasteiger charge is 2.10. The maximum Gasteiger partial charge on any atom is 0.412 e. The molecule has 0 spiro atoms. The molecule has 0 radical (unpaired) electrons. The summed E-state index contributed by atoms with van der Waals surface area (Å²) in [6.45, 7) is 6.39. The first-order chi connectivity index (χ1) is 11.5. The van der Waals surface area contributed by atoms with Gasteiger partial charge in [0.05, 0.1) is 5.69 Å². The summed E-state index contributed by atoms with van der Waals surface area (Å²) < 4.78 is 5.28. The van der Waals surface area contributed by atoms with Crippen molar-refractivity contribution in [3.8, 4) is 17.0 Å². The smallest absolute Gasteiger partial charge is 0.410 e. The largest absolute Gasteiger partial charge is 0.412 e. The average Bonchev–Trinajstić information content (AvgIpc) is 2.55. The minimum atomic E-state index is -0.479. The summed E-state index contributed by atoms with van der Waals surface area (Å²) in [5, 5.41) is 2.70. The quantitative estimate of drug-likeness (QED) is 0.797. The second-order valence-corrected chi connectivity index (χ2v) is 5.56. The Morgan fingerprint density at radius 3 is 2.83 bits per heavy atom. The van der Waals surface area contributed by atoms with E-state index in [1.54, 1.807) is 18.3 Å². The predicted molar refractivity (Wildman–Crippen MR) is 93.3 cm³/mol. The molecule has 2 rings (SSSR count). The van der Waals surface area contributed by atoms with Crippen molar-refractivity contribution >= 4 is 6.09 Å². The van der Waals surface area contributed by atoms with Gasteiger partial charge in [0.2, 0.25) is 0 Å². The van der Waals surface area contributed by atoms with Crippen LogP contribution in [0.2, 0.25) is 0 Å². The van der Waals surface area contributed by atoms with Crippen molar-refractivity contribution in [2.75, 3.05) is 6.54 Å². The number of carbonyl (C=O) groups excluding carboxylic acids is 1. The molecule has 6 heteroatoms. The van der Waals surface area contributed by atoms with Crippen LogP contribution in [0.4, 0.5) is 4.79 Å². The van der Waals surface area contributed by atoms with E-state index in [4.69, 9.17) is 4.74 Å². The minimum Gasteiger partial charge on any atom is -0.410 e. The van der Waals surface area contributed by atoms with Crippen LogP contribution >= 0.6 is 0 Å². The van der Waals surface area contributed by atoms with E-state index in [1.807, 2.05) is 19.9 Å². The van der Waals surface area contributed by atoms with Crippen LogP contribution in [0.5, 0.6) is 5.75 Å². The lowest BCUT2D eigenvalue weighted by atomic mass is 10.1. The van der Waals surface area contributed by atoms with Gasteiger partial charge in [-0.3, -0.25) is 9.78 Å². The van der Waals surface area contributed by atoms with Gasteiger partial charge in [-0.15, -0.1) is 0 Å². The van der Waals surface area contributed by atoms with Crippen molar-refractivity contribution in [3.05, 3.63) is 46.0 Å². The summed E-state index contributed by atoms with van der Waals surface area (Å²) in [4.78, 5) is 30.7. The van der Waals surface area contributed by atoms with Gasteiger partial charge in [-0.25, -0.2) is 4.79 Å². The number of pyridine rings is 2. The first kappa shape index (κ1) is 17.7. The lowest BCUT2D eigenvalue weighted by Crippen LogP contribution is -2.27. The number of carbonyl (C=O) groups is 1. The normalized spacial score (nSPS) is 10.5. The van der Waals surface area contributed by atoms with Crippen molar-refractivity contribution in [1.82, 2.24) is 15.3 Å². The summed E-state index contributed by atoms with van der Waals surface area (Å²) in [5.41, 5.74) is 2.82. The molecular formula is C18H23N3O3. The Morgan fingerprint density at radius 1 is 1.33 bits per heavy atom. The van der Waals surface area contributed by atoms with Gasteiger partial charge in [0, 0.05) is 35.6 Å². The Kier molecular flexibility index (Phi) is 6.12. The van der Waals surface area contributed by atoms with Crippen LogP contribution < -0.4 is 15.6 Å².